The van der Waals surface area contributed by atoms with E-state index in [1.807, 2.05) is 0 Å². The first-order valence-electron chi connectivity index (χ1n) is 5.96. The molecule has 0 radical (unpaired) electrons. The van der Waals surface area contributed by atoms with E-state index < -0.39 is 5.97 Å². The highest BCUT2D eigenvalue weighted by Crippen LogP contribution is 2.46. The van der Waals surface area contributed by atoms with E-state index in [0.717, 1.165) is 51.6 Å². The van der Waals surface area contributed by atoms with Gasteiger partial charge in [0.25, 0.3) is 0 Å². The SMILES string of the molecule is O=NN1CCC2(CCC(C(=O)O)CC2)CC1. The Bertz CT molecular complexity index is 275. The van der Waals surface area contributed by atoms with Crippen molar-refractivity contribution in [3.8, 4) is 0 Å². The van der Waals surface area contributed by atoms with Gasteiger partial charge in [0.05, 0.1) is 11.2 Å². The van der Waals surface area contributed by atoms with Gasteiger partial charge in [-0.3, -0.25) is 9.80 Å². The third-order valence-electron chi connectivity index (χ3n) is 4.31. The quantitative estimate of drug-likeness (QED) is 0.731. The van der Waals surface area contributed by atoms with Gasteiger partial charge in [-0.15, -0.1) is 4.91 Å². The highest BCUT2D eigenvalue weighted by Gasteiger charge is 2.39. The lowest BCUT2D eigenvalue weighted by atomic mass is 9.65. The van der Waals surface area contributed by atoms with Crippen molar-refractivity contribution in [2.24, 2.45) is 16.6 Å². The molecule has 0 bridgehead atoms. The summed E-state index contributed by atoms with van der Waals surface area (Å²) in [5.41, 5.74) is 0.299. The summed E-state index contributed by atoms with van der Waals surface area (Å²) in [4.78, 5) is 21.2. The molecule has 1 saturated carbocycles. The molecule has 0 aromatic heterocycles. The minimum Gasteiger partial charge on any atom is -0.481 e. The van der Waals surface area contributed by atoms with Crippen LogP contribution in [0.25, 0.3) is 0 Å². The Labute approximate surface area is 94.8 Å². The molecule has 0 atom stereocenters. The zero-order valence-electron chi connectivity index (χ0n) is 9.39. The summed E-state index contributed by atoms with van der Waals surface area (Å²) in [6, 6.07) is 0. The van der Waals surface area contributed by atoms with Crippen molar-refractivity contribution in [2.45, 2.75) is 38.5 Å². The number of piperidine rings is 1. The molecule has 5 nitrogen and oxygen atoms in total. The van der Waals surface area contributed by atoms with E-state index in [0.29, 0.717) is 5.41 Å². The molecule has 2 rings (SSSR count). The fraction of sp³-hybridized carbons (Fsp3) is 0.909. The first kappa shape index (κ1) is 11.4. The summed E-state index contributed by atoms with van der Waals surface area (Å²) in [5.74, 6) is -0.797. The Hall–Kier alpha value is -1.13. The molecule has 1 spiro atoms. The number of nitrogens with zero attached hydrogens (tertiary/aromatic N) is 2. The Morgan fingerprint density at radius 3 is 2.19 bits per heavy atom. The van der Waals surface area contributed by atoms with Gasteiger partial charge in [-0.2, -0.15) is 0 Å². The highest BCUT2D eigenvalue weighted by atomic mass is 16.4. The number of hydrogen-bond acceptors (Lipinski definition) is 3. The molecule has 2 fully saturated rings. The van der Waals surface area contributed by atoms with Crippen LogP contribution in [0.4, 0.5) is 0 Å². The second-order valence-electron chi connectivity index (χ2n) is 5.15. The first-order chi connectivity index (χ1) is 7.65. The van der Waals surface area contributed by atoms with Crippen LogP contribution >= 0.6 is 0 Å². The first-order valence-corrected chi connectivity index (χ1v) is 5.96. The van der Waals surface area contributed by atoms with E-state index in [-0.39, 0.29) is 5.92 Å². The minimum absolute atomic E-state index is 0.146. The lowest BCUT2D eigenvalue weighted by molar-refractivity contribution is -0.144. The van der Waals surface area contributed by atoms with Crippen molar-refractivity contribution in [3.63, 3.8) is 0 Å². The molecule has 0 aromatic rings. The maximum atomic E-state index is 10.9. The number of aliphatic carboxylic acids is 1. The van der Waals surface area contributed by atoms with Crippen LogP contribution in [0.2, 0.25) is 0 Å². The van der Waals surface area contributed by atoms with Crippen LogP contribution in [-0.2, 0) is 4.79 Å². The molecule has 1 saturated heterocycles. The standard InChI is InChI=1S/C11H18N2O3/c14-10(15)9-1-3-11(4-2-9)5-7-13(12-16)8-6-11/h9H,1-8H2,(H,14,15). The number of carbonyl (C=O) groups is 1. The summed E-state index contributed by atoms with van der Waals surface area (Å²) in [5, 5.41) is 13.5. The summed E-state index contributed by atoms with van der Waals surface area (Å²) in [7, 11) is 0. The topological polar surface area (TPSA) is 70.0 Å². The van der Waals surface area contributed by atoms with Crippen molar-refractivity contribution < 1.29 is 9.90 Å². The number of rotatable bonds is 2. The van der Waals surface area contributed by atoms with Crippen molar-refractivity contribution in [2.75, 3.05) is 13.1 Å². The van der Waals surface area contributed by atoms with Gasteiger partial charge < -0.3 is 5.11 Å². The number of carboxylic acids is 1. The molecular weight excluding hydrogens is 208 g/mol. The maximum absolute atomic E-state index is 10.9. The van der Waals surface area contributed by atoms with Gasteiger partial charge in [0.15, 0.2) is 0 Å². The van der Waals surface area contributed by atoms with Crippen molar-refractivity contribution in [3.05, 3.63) is 4.91 Å². The molecule has 16 heavy (non-hydrogen) atoms. The molecule has 5 heteroatoms. The molecule has 1 aliphatic carbocycles. The van der Waals surface area contributed by atoms with Crippen LogP contribution in [0.5, 0.6) is 0 Å². The minimum atomic E-state index is -0.651. The van der Waals surface area contributed by atoms with Crippen LogP contribution in [0, 0.1) is 16.2 Å². The van der Waals surface area contributed by atoms with Crippen molar-refractivity contribution in [1.29, 1.82) is 0 Å². The molecule has 1 N–H and O–H groups in total. The van der Waals surface area contributed by atoms with Gasteiger partial charge in [0, 0.05) is 13.1 Å². The van der Waals surface area contributed by atoms with Crippen molar-refractivity contribution >= 4 is 5.97 Å². The Morgan fingerprint density at radius 1 is 1.19 bits per heavy atom. The lowest BCUT2D eigenvalue weighted by Crippen LogP contribution is -2.40. The molecule has 0 amide bonds. The zero-order valence-corrected chi connectivity index (χ0v) is 9.39. The average molecular weight is 226 g/mol. The van der Waals surface area contributed by atoms with Gasteiger partial charge in [-0.05, 0) is 43.9 Å². The fourth-order valence-corrected chi connectivity index (χ4v) is 3.03. The summed E-state index contributed by atoms with van der Waals surface area (Å²) >= 11 is 0. The van der Waals surface area contributed by atoms with Crippen LogP contribution in [0.3, 0.4) is 0 Å². The normalized spacial score (nSPS) is 25.6. The molecule has 90 valence electrons. The number of hydrogen-bond donors (Lipinski definition) is 1. The Balaban J connectivity index is 1.88. The van der Waals surface area contributed by atoms with Crippen LogP contribution in [0.15, 0.2) is 5.29 Å². The monoisotopic (exact) mass is 226 g/mol. The van der Waals surface area contributed by atoms with E-state index in [1.165, 1.54) is 0 Å². The van der Waals surface area contributed by atoms with E-state index in [2.05, 4.69) is 5.29 Å². The van der Waals surface area contributed by atoms with E-state index >= 15 is 0 Å². The molecule has 0 aromatic carbocycles. The Morgan fingerprint density at radius 2 is 1.75 bits per heavy atom. The molecular formula is C11H18N2O3. The third-order valence-corrected chi connectivity index (χ3v) is 4.31. The zero-order chi connectivity index (χ0) is 11.6. The molecule has 1 heterocycles. The predicted octanol–water partition coefficient (Wildman–Crippen LogP) is 2.02. The maximum Gasteiger partial charge on any atom is 0.306 e. The molecule has 0 unspecified atom stereocenters. The van der Waals surface area contributed by atoms with Gasteiger partial charge in [-0.25, -0.2) is 0 Å². The second-order valence-corrected chi connectivity index (χ2v) is 5.15. The van der Waals surface area contributed by atoms with Gasteiger partial charge in [0.1, 0.15) is 0 Å². The van der Waals surface area contributed by atoms with E-state index in [1.54, 1.807) is 5.01 Å². The van der Waals surface area contributed by atoms with Crippen LogP contribution < -0.4 is 0 Å². The van der Waals surface area contributed by atoms with Crippen LogP contribution in [-0.4, -0.2) is 29.2 Å². The second kappa shape index (κ2) is 4.39. The summed E-state index contributed by atoms with van der Waals surface area (Å²) in [6.07, 6.45) is 5.57. The summed E-state index contributed by atoms with van der Waals surface area (Å²) < 4.78 is 0. The molecule has 1 aliphatic heterocycles. The summed E-state index contributed by atoms with van der Waals surface area (Å²) in [6.45, 7) is 1.47. The van der Waals surface area contributed by atoms with Gasteiger partial charge in [-0.1, -0.05) is 0 Å². The van der Waals surface area contributed by atoms with E-state index in [9.17, 15) is 9.70 Å². The third kappa shape index (κ3) is 2.18. The lowest BCUT2D eigenvalue weighted by Gasteiger charge is -2.43. The highest BCUT2D eigenvalue weighted by molar-refractivity contribution is 5.70. The van der Waals surface area contributed by atoms with E-state index in [4.69, 9.17) is 5.11 Å². The number of carboxylic acid groups (broad SMARTS) is 1. The smallest absolute Gasteiger partial charge is 0.306 e. The van der Waals surface area contributed by atoms with Crippen molar-refractivity contribution in [1.82, 2.24) is 5.01 Å². The predicted molar refractivity (Wildman–Crippen MR) is 58.6 cm³/mol. The number of nitroso groups, excluding NO2 is 1. The Kier molecular flexibility index (Phi) is 3.12. The average Bonchev–Trinajstić information content (AvgIpc) is 2.31. The van der Waals surface area contributed by atoms with Gasteiger partial charge >= 0.3 is 5.97 Å². The fourth-order valence-electron chi connectivity index (χ4n) is 3.03. The molecule has 2 aliphatic rings. The largest absolute Gasteiger partial charge is 0.481 e. The van der Waals surface area contributed by atoms with Crippen LogP contribution in [0.1, 0.15) is 38.5 Å². The van der Waals surface area contributed by atoms with Gasteiger partial charge in [0.2, 0.25) is 0 Å².